The quantitative estimate of drug-likeness (QED) is 0.750. The number of carboxylic acid groups (broad SMARTS) is 1. The number of nitrogens with one attached hydrogen (secondary N) is 1. The van der Waals surface area contributed by atoms with Crippen molar-refractivity contribution >= 4 is 16.0 Å². The fraction of sp³-hybridized carbons (Fsp3) is 0.615. The topological polar surface area (TPSA) is 117 Å². The van der Waals surface area contributed by atoms with Crippen molar-refractivity contribution in [2.45, 2.75) is 50.0 Å². The second-order valence-corrected chi connectivity index (χ2v) is 7.18. The van der Waals surface area contributed by atoms with E-state index in [1.54, 1.807) is 0 Å². The Morgan fingerprint density at radius 2 is 1.86 bits per heavy atom. The van der Waals surface area contributed by atoms with Crippen LogP contribution in [0.25, 0.3) is 0 Å². The molecular formula is C13H19NO6S. The number of aromatic carboxylic acids is 1. The van der Waals surface area contributed by atoms with Gasteiger partial charge in [0, 0.05) is 6.54 Å². The Bertz CT molecular complexity index is 654. The van der Waals surface area contributed by atoms with Crippen LogP contribution in [-0.2, 0) is 10.0 Å². The van der Waals surface area contributed by atoms with Gasteiger partial charge in [-0.1, -0.05) is 12.8 Å². The maximum Gasteiger partial charge on any atom is 0.340 e. The first-order valence-corrected chi connectivity index (χ1v) is 8.20. The van der Waals surface area contributed by atoms with E-state index in [2.05, 4.69) is 4.72 Å². The zero-order chi connectivity index (χ0) is 15.8. The first-order chi connectivity index (χ1) is 9.66. The molecule has 1 heterocycles. The zero-order valence-corrected chi connectivity index (χ0v) is 12.8. The van der Waals surface area contributed by atoms with E-state index < -0.39 is 21.6 Å². The van der Waals surface area contributed by atoms with Crippen molar-refractivity contribution in [1.82, 2.24) is 4.72 Å². The molecule has 8 heteroatoms. The Hall–Kier alpha value is -1.38. The van der Waals surface area contributed by atoms with Crippen LogP contribution in [0, 0.1) is 13.8 Å². The minimum Gasteiger partial charge on any atom is -0.478 e. The molecule has 1 aliphatic rings. The molecule has 0 radical (unpaired) electrons. The van der Waals surface area contributed by atoms with Crippen LogP contribution in [0.1, 0.15) is 47.6 Å². The molecule has 1 aromatic rings. The SMILES string of the molecule is Cc1oc(C)c(S(=O)(=O)NCC2(O)CCCC2)c1C(=O)O. The predicted molar refractivity (Wildman–Crippen MR) is 73.7 cm³/mol. The average Bonchev–Trinajstić information content (AvgIpc) is 2.92. The van der Waals surface area contributed by atoms with Crippen LogP contribution in [0.5, 0.6) is 0 Å². The molecule has 1 aromatic heterocycles. The molecule has 1 aliphatic carbocycles. The third-order valence-electron chi connectivity index (χ3n) is 3.81. The number of hydrogen-bond acceptors (Lipinski definition) is 5. The molecule has 1 saturated carbocycles. The minimum atomic E-state index is -4.06. The van der Waals surface area contributed by atoms with Gasteiger partial charge in [-0.15, -0.1) is 0 Å². The third-order valence-corrected chi connectivity index (χ3v) is 5.37. The molecule has 0 unspecified atom stereocenters. The van der Waals surface area contributed by atoms with Gasteiger partial charge in [0.2, 0.25) is 10.0 Å². The monoisotopic (exact) mass is 317 g/mol. The van der Waals surface area contributed by atoms with E-state index in [4.69, 9.17) is 9.52 Å². The molecule has 118 valence electrons. The fourth-order valence-corrected chi connectivity index (χ4v) is 4.27. The molecule has 0 aromatic carbocycles. The van der Waals surface area contributed by atoms with Gasteiger partial charge in [-0.3, -0.25) is 0 Å². The number of hydrogen-bond donors (Lipinski definition) is 3. The summed E-state index contributed by atoms with van der Waals surface area (Å²) in [4.78, 5) is 10.9. The van der Waals surface area contributed by atoms with Gasteiger partial charge in [-0.25, -0.2) is 17.9 Å². The summed E-state index contributed by atoms with van der Waals surface area (Å²) < 4.78 is 32.1. The molecule has 0 aliphatic heterocycles. The molecule has 0 atom stereocenters. The summed E-state index contributed by atoms with van der Waals surface area (Å²) in [5.41, 5.74) is -1.42. The van der Waals surface area contributed by atoms with Gasteiger partial charge in [0.05, 0.1) is 5.60 Å². The number of carbonyl (C=O) groups is 1. The molecule has 2 rings (SSSR count). The highest BCUT2D eigenvalue weighted by Gasteiger charge is 2.35. The highest BCUT2D eigenvalue weighted by molar-refractivity contribution is 7.89. The number of rotatable bonds is 5. The maximum absolute atomic E-state index is 12.3. The molecule has 0 amide bonds. The van der Waals surface area contributed by atoms with Crippen LogP contribution in [0.4, 0.5) is 0 Å². The Kier molecular flexibility index (Phi) is 4.14. The Labute approximate surface area is 123 Å². The summed E-state index contributed by atoms with van der Waals surface area (Å²) in [7, 11) is -4.06. The van der Waals surface area contributed by atoms with Crippen molar-refractivity contribution in [2.24, 2.45) is 0 Å². The van der Waals surface area contributed by atoms with Crippen molar-refractivity contribution < 1.29 is 27.8 Å². The van der Waals surface area contributed by atoms with Crippen molar-refractivity contribution in [2.75, 3.05) is 6.54 Å². The summed E-state index contributed by atoms with van der Waals surface area (Å²) in [6.45, 7) is 2.68. The first kappa shape index (κ1) is 16.0. The number of aliphatic hydroxyl groups is 1. The van der Waals surface area contributed by atoms with E-state index in [-0.39, 0.29) is 28.5 Å². The van der Waals surface area contributed by atoms with E-state index in [1.165, 1.54) is 13.8 Å². The smallest absolute Gasteiger partial charge is 0.340 e. The Morgan fingerprint density at radius 1 is 1.29 bits per heavy atom. The van der Waals surface area contributed by atoms with Crippen LogP contribution >= 0.6 is 0 Å². The van der Waals surface area contributed by atoms with Crippen LogP contribution in [-0.4, -0.2) is 36.7 Å². The molecule has 21 heavy (non-hydrogen) atoms. The van der Waals surface area contributed by atoms with Crippen LogP contribution in [0.3, 0.4) is 0 Å². The van der Waals surface area contributed by atoms with Gasteiger partial charge in [-0.2, -0.15) is 0 Å². The number of carboxylic acids is 1. The Morgan fingerprint density at radius 3 is 2.38 bits per heavy atom. The fourth-order valence-electron chi connectivity index (χ4n) is 2.75. The highest BCUT2D eigenvalue weighted by atomic mass is 32.2. The zero-order valence-electron chi connectivity index (χ0n) is 12.0. The lowest BCUT2D eigenvalue weighted by Crippen LogP contribution is -2.41. The van der Waals surface area contributed by atoms with Crippen molar-refractivity contribution in [3.8, 4) is 0 Å². The van der Waals surface area contributed by atoms with Crippen molar-refractivity contribution in [1.29, 1.82) is 0 Å². The first-order valence-electron chi connectivity index (χ1n) is 6.72. The van der Waals surface area contributed by atoms with Gasteiger partial charge in [0.1, 0.15) is 22.0 Å². The van der Waals surface area contributed by atoms with Crippen molar-refractivity contribution in [3.05, 3.63) is 17.1 Å². The number of aryl methyl sites for hydroxylation is 2. The summed E-state index contributed by atoms with van der Waals surface area (Å²) in [5.74, 6) is -1.29. The summed E-state index contributed by atoms with van der Waals surface area (Å²) >= 11 is 0. The van der Waals surface area contributed by atoms with Gasteiger partial charge in [0.25, 0.3) is 0 Å². The average molecular weight is 317 g/mol. The molecule has 0 saturated heterocycles. The number of sulfonamides is 1. The van der Waals surface area contributed by atoms with Crippen LogP contribution < -0.4 is 4.72 Å². The highest BCUT2D eigenvalue weighted by Crippen LogP contribution is 2.30. The molecule has 0 spiro atoms. The third kappa shape index (κ3) is 3.12. The predicted octanol–water partition coefficient (Wildman–Crippen LogP) is 1.18. The molecule has 7 nitrogen and oxygen atoms in total. The summed E-state index contributed by atoms with van der Waals surface area (Å²) in [6.07, 6.45) is 2.76. The van der Waals surface area contributed by atoms with E-state index >= 15 is 0 Å². The second-order valence-electron chi connectivity index (χ2n) is 5.48. The molecule has 3 N–H and O–H groups in total. The number of furan rings is 1. The Balaban J connectivity index is 2.30. The van der Waals surface area contributed by atoms with Gasteiger partial charge in [-0.05, 0) is 26.7 Å². The molecule has 1 fully saturated rings. The van der Waals surface area contributed by atoms with Crippen LogP contribution in [0.2, 0.25) is 0 Å². The van der Waals surface area contributed by atoms with Crippen LogP contribution in [0.15, 0.2) is 9.31 Å². The van der Waals surface area contributed by atoms with E-state index in [0.717, 1.165) is 12.8 Å². The van der Waals surface area contributed by atoms with Gasteiger partial charge >= 0.3 is 5.97 Å². The molecular weight excluding hydrogens is 298 g/mol. The van der Waals surface area contributed by atoms with E-state index in [9.17, 15) is 18.3 Å². The molecule has 0 bridgehead atoms. The summed E-state index contributed by atoms with van der Waals surface area (Å²) in [5, 5.41) is 19.3. The lowest BCUT2D eigenvalue weighted by Gasteiger charge is -2.22. The van der Waals surface area contributed by atoms with Gasteiger partial charge in [0.15, 0.2) is 0 Å². The lowest BCUT2D eigenvalue weighted by atomic mass is 10.0. The lowest BCUT2D eigenvalue weighted by molar-refractivity contribution is 0.0531. The standard InChI is InChI=1S/C13H19NO6S/c1-8-10(12(15)16)11(9(2)20-8)21(18,19)14-7-13(17)5-3-4-6-13/h14,17H,3-7H2,1-2H3,(H,15,16). The maximum atomic E-state index is 12.3. The van der Waals surface area contributed by atoms with Gasteiger partial charge < -0.3 is 14.6 Å². The summed E-state index contributed by atoms with van der Waals surface area (Å²) in [6, 6.07) is 0. The largest absolute Gasteiger partial charge is 0.478 e. The normalized spacial score (nSPS) is 18.0. The second kappa shape index (κ2) is 5.43. The minimum absolute atomic E-state index is 0.0239. The van der Waals surface area contributed by atoms with E-state index in [0.29, 0.717) is 12.8 Å². The van der Waals surface area contributed by atoms with E-state index in [1.807, 2.05) is 0 Å². The van der Waals surface area contributed by atoms with Crippen molar-refractivity contribution in [3.63, 3.8) is 0 Å².